The van der Waals surface area contributed by atoms with Crippen LogP contribution in [0.2, 0.25) is 16.6 Å². The van der Waals surface area contributed by atoms with E-state index in [0.29, 0.717) is 16.6 Å². The molecule has 3 heteroatoms. The highest BCUT2D eigenvalue weighted by atomic mass is 28.3. The topological polar surface area (TPSA) is 8.17 Å². The standard InChI is InChI=1S/C23H40N2Si/c1-10-12-20-13-11-14-22-23(20)21(15-24(8)9)16-25(22)26(17(2)3,18(4)5)19(6)7/h11,13-14,16-19H,10,12,15H2,1-9H3. The molecule has 0 amide bonds. The van der Waals surface area contributed by atoms with Crippen molar-refractivity contribution in [1.82, 2.24) is 9.13 Å². The molecule has 2 rings (SSSR count). The summed E-state index contributed by atoms with van der Waals surface area (Å²) in [6, 6.07) is 7.00. The molecule has 0 aliphatic carbocycles. The molecule has 1 aromatic carbocycles. The van der Waals surface area contributed by atoms with E-state index in [1.807, 2.05) is 0 Å². The van der Waals surface area contributed by atoms with Crippen LogP contribution in [0.1, 0.15) is 66.0 Å². The van der Waals surface area contributed by atoms with Crippen LogP contribution in [-0.4, -0.2) is 31.5 Å². The molecular formula is C23H40N2Si. The van der Waals surface area contributed by atoms with Crippen LogP contribution in [0, 0.1) is 0 Å². The Kier molecular flexibility index (Phi) is 6.79. The molecule has 0 atom stereocenters. The Morgan fingerprint density at radius 3 is 1.96 bits per heavy atom. The molecule has 0 aliphatic heterocycles. The fourth-order valence-corrected chi connectivity index (χ4v) is 12.2. The average Bonchev–Trinajstić information content (AvgIpc) is 2.86. The largest absolute Gasteiger partial charge is 0.373 e. The second kappa shape index (κ2) is 8.31. The minimum absolute atomic E-state index is 0.708. The zero-order valence-corrected chi connectivity index (χ0v) is 19.6. The van der Waals surface area contributed by atoms with Crippen molar-refractivity contribution in [1.29, 1.82) is 0 Å². The van der Waals surface area contributed by atoms with Gasteiger partial charge in [-0.25, -0.2) is 0 Å². The molecule has 0 unspecified atom stereocenters. The van der Waals surface area contributed by atoms with Crippen molar-refractivity contribution in [2.24, 2.45) is 0 Å². The van der Waals surface area contributed by atoms with Gasteiger partial charge in [-0.3, -0.25) is 0 Å². The number of hydrogen-bond acceptors (Lipinski definition) is 1. The van der Waals surface area contributed by atoms with Gasteiger partial charge >= 0.3 is 0 Å². The van der Waals surface area contributed by atoms with Crippen LogP contribution >= 0.6 is 0 Å². The van der Waals surface area contributed by atoms with Crippen molar-refractivity contribution in [2.45, 2.75) is 84.5 Å². The van der Waals surface area contributed by atoms with Crippen LogP contribution in [0.3, 0.4) is 0 Å². The molecule has 0 fully saturated rings. The van der Waals surface area contributed by atoms with E-state index in [4.69, 9.17) is 0 Å². The summed E-state index contributed by atoms with van der Waals surface area (Å²) in [7, 11) is 2.62. The van der Waals surface area contributed by atoms with Gasteiger partial charge in [0.25, 0.3) is 0 Å². The normalized spacial score (nSPS) is 13.1. The number of aryl methyl sites for hydroxylation is 1. The summed E-state index contributed by atoms with van der Waals surface area (Å²) in [4.78, 5) is 2.31. The molecule has 0 radical (unpaired) electrons. The highest BCUT2D eigenvalue weighted by Crippen LogP contribution is 2.45. The Labute approximate surface area is 162 Å². The molecule has 0 saturated heterocycles. The third-order valence-corrected chi connectivity index (χ3v) is 12.9. The highest BCUT2D eigenvalue weighted by molar-refractivity contribution is 6.82. The van der Waals surface area contributed by atoms with E-state index in [1.165, 1.54) is 34.9 Å². The molecule has 0 spiro atoms. The van der Waals surface area contributed by atoms with E-state index in [2.05, 4.69) is 96.1 Å². The van der Waals surface area contributed by atoms with Gasteiger partial charge in [0.05, 0.1) is 0 Å². The summed E-state index contributed by atoms with van der Waals surface area (Å²) in [5.41, 5.74) is 6.64. The smallest absolute Gasteiger partial charge is 0.169 e. The Morgan fingerprint density at radius 1 is 0.923 bits per heavy atom. The molecular weight excluding hydrogens is 332 g/mol. The van der Waals surface area contributed by atoms with Gasteiger partial charge in [0.15, 0.2) is 8.24 Å². The second-order valence-corrected chi connectivity index (χ2v) is 14.9. The van der Waals surface area contributed by atoms with Gasteiger partial charge in [0.1, 0.15) is 0 Å². The van der Waals surface area contributed by atoms with E-state index in [0.717, 1.165) is 6.54 Å². The quantitative estimate of drug-likeness (QED) is 0.469. The molecule has 0 N–H and O–H groups in total. The summed E-state index contributed by atoms with van der Waals surface area (Å²) in [5, 5.41) is 1.53. The summed E-state index contributed by atoms with van der Waals surface area (Å²) in [6.45, 7) is 18.1. The first-order valence-electron chi connectivity index (χ1n) is 10.4. The van der Waals surface area contributed by atoms with E-state index in [9.17, 15) is 0 Å². The predicted octanol–water partition coefficient (Wildman–Crippen LogP) is 6.68. The van der Waals surface area contributed by atoms with Crippen LogP contribution < -0.4 is 0 Å². The Hall–Kier alpha value is -1.06. The van der Waals surface area contributed by atoms with Crippen LogP contribution in [0.15, 0.2) is 24.4 Å². The van der Waals surface area contributed by atoms with Gasteiger partial charge in [0.2, 0.25) is 0 Å². The molecule has 1 heterocycles. The monoisotopic (exact) mass is 372 g/mol. The van der Waals surface area contributed by atoms with Gasteiger partial charge in [-0.1, -0.05) is 67.0 Å². The lowest BCUT2D eigenvalue weighted by Crippen LogP contribution is -2.51. The molecule has 0 bridgehead atoms. The van der Waals surface area contributed by atoms with Gasteiger partial charge in [0, 0.05) is 23.6 Å². The lowest BCUT2D eigenvalue weighted by atomic mass is 10.0. The van der Waals surface area contributed by atoms with Crippen LogP contribution in [0.25, 0.3) is 10.9 Å². The lowest BCUT2D eigenvalue weighted by Gasteiger charge is -2.44. The number of rotatable bonds is 8. The van der Waals surface area contributed by atoms with E-state index in [1.54, 1.807) is 0 Å². The second-order valence-electron chi connectivity index (χ2n) is 9.17. The van der Waals surface area contributed by atoms with Crippen molar-refractivity contribution in [3.63, 3.8) is 0 Å². The molecule has 0 saturated carbocycles. The van der Waals surface area contributed by atoms with Crippen molar-refractivity contribution >= 4 is 19.1 Å². The van der Waals surface area contributed by atoms with Crippen molar-refractivity contribution in [3.05, 3.63) is 35.5 Å². The number of fused-ring (bicyclic) bond motifs is 1. The first-order chi connectivity index (χ1) is 12.2. The van der Waals surface area contributed by atoms with E-state index >= 15 is 0 Å². The fourth-order valence-electron chi connectivity index (χ4n) is 5.54. The first kappa shape index (κ1) is 21.2. The predicted molar refractivity (Wildman–Crippen MR) is 120 cm³/mol. The van der Waals surface area contributed by atoms with Gasteiger partial charge in [-0.15, -0.1) is 0 Å². The maximum absolute atomic E-state index is 2.79. The van der Waals surface area contributed by atoms with Crippen LogP contribution in [0.4, 0.5) is 0 Å². The number of hydrogen-bond donors (Lipinski definition) is 0. The number of benzene rings is 1. The lowest BCUT2D eigenvalue weighted by molar-refractivity contribution is 0.404. The van der Waals surface area contributed by atoms with Gasteiger partial charge in [-0.2, -0.15) is 0 Å². The fraction of sp³-hybridized carbons (Fsp3) is 0.652. The minimum atomic E-state index is -1.75. The summed E-state index contributed by atoms with van der Waals surface area (Å²) in [6.07, 6.45) is 4.91. The zero-order chi connectivity index (χ0) is 19.6. The first-order valence-corrected chi connectivity index (χ1v) is 12.6. The molecule has 146 valence electrons. The maximum atomic E-state index is 2.79. The number of nitrogens with zero attached hydrogens (tertiary/aromatic N) is 2. The van der Waals surface area contributed by atoms with Crippen molar-refractivity contribution in [3.8, 4) is 0 Å². The SMILES string of the molecule is CCCc1cccc2c1c(CN(C)C)cn2[Si](C(C)C)(C(C)C)C(C)C. The highest BCUT2D eigenvalue weighted by Gasteiger charge is 2.46. The van der Waals surface area contributed by atoms with Gasteiger partial charge < -0.3 is 9.13 Å². The van der Waals surface area contributed by atoms with Crippen LogP contribution in [0.5, 0.6) is 0 Å². The Morgan fingerprint density at radius 2 is 1.50 bits per heavy atom. The molecule has 2 aromatic rings. The number of aromatic nitrogens is 1. The molecule has 2 nitrogen and oxygen atoms in total. The van der Waals surface area contributed by atoms with E-state index in [-0.39, 0.29) is 0 Å². The third kappa shape index (κ3) is 3.53. The van der Waals surface area contributed by atoms with Crippen LogP contribution in [-0.2, 0) is 13.0 Å². The Bertz CT molecular complexity index is 703. The summed E-state index contributed by atoms with van der Waals surface area (Å²) < 4.78 is 2.79. The van der Waals surface area contributed by atoms with E-state index < -0.39 is 8.24 Å². The Balaban J connectivity index is 2.88. The van der Waals surface area contributed by atoms with Gasteiger partial charge in [-0.05, 0) is 54.3 Å². The average molecular weight is 373 g/mol. The summed E-state index contributed by atoms with van der Waals surface area (Å²) in [5.74, 6) is 0. The molecule has 1 aromatic heterocycles. The molecule has 26 heavy (non-hydrogen) atoms. The van der Waals surface area contributed by atoms with Crippen molar-refractivity contribution in [2.75, 3.05) is 14.1 Å². The van der Waals surface area contributed by atoms with Crippen molar-refractivity contribution < 1.29 is 0 Å². The maximum Gasteiger partial charge on any atom is 0.169 e. The zero-order valence-electron chi connectivity index (χ0n) is 18.6. The summed E-state index contributed by atoms with van der Waals surface area (Å²) >= 11 is 0. The third-order valence-electron chi connectivity index (χ3n) is 6.19. The molecule has 0 aliphatic rings. The minimum Gasteiger partial charge on any atom is -0.373 e.